The molecule has 0 heterocycles. The van der Waals surface area contributed by atoms with Crippen LogP contribution >= 0.6 is 0 Å². The molecule has 0 saturated heterocycles. The third-order valence-electron chi connectivity index (χ3n) is 8.00. The molecule has 4 rings (SSSR count). The van der Waals surface area contributed by atoms with Gasteiger partial charge in [-0.2, -0.15) is 0 Å². The smallest absolute Gasteiger partial charge is 0.0757 e. The van der Waals surface area contributed by atoms with Crippen molar-refractivity contribution in [3.8, 4) is 0 Å². The number of hydrogen-bond donors (Lipinski definition) is 2. The largest absolute Gasteiger partial charge is 0.375 e. The summed E-state index contributed by atoms with van der Waals surface area (Å²) in [6.45, 7) is 18.4. The van der Waals surface area contributed by atoms with E-state index in [0.717, 1.165) is 0 Å². The third-order valence-corrected chi connectivity index (χ3v) is 8.00. The van der Waals surface area contributed by atoms with Gasteiger partial charge in [0.2, 0.25) is 0 Å². The second-order valence-corrected chi connectivity index (χ2v) is 12.3. The van der Waals surface area contributed by atoms with Gasteiger partial charge >= 0.3 is 0 Å². The zero-order valence-electron chi connectivity index (χ0n) is 25.7. The van der Waals surface area contributed by atoms with Gasteiger partial charge in [0.1, 0.15) is 0 Å². The van der Waals surface area contributed by atoms with Crippen LogP contribution in [0.25, 0.3) is 0 Å². The molecule has 2 N–H and O–H groups in total. The Hall–Kier alpha value is -3.52. The molecule has 2 heteroatoms. The van der Waals surface area contributed by atoms with Gasteiger partial charge in [0.25, 0.3) is 0 Å². The van der Waals surface area contributed by atoms with Crippen LogP contribution in [0.3, 0.4) is 0 Å². The Kier molecular flexibility index (Phi) is 9.74. The van der Waals surface area contributed by atoms with Gasteiger partial charge < -0.3 is 10.6 Å². The maximum absolute atomic E-state index is 4.15. The topological polar surface area (TPSA) is 24.1 Å². The van der Waals surface area contributed by atoms with Crippen molar-refractivity contribution in [3.63, 3.8) is 0 Å². The second kappa shape index (κ2) is 13.2. The van der Waals surface area contributed by atoms with Crippen LogP contribution in [0.2, 0.25) is 0 Å². The summed E-state index contributed by atoms with van der Waals surface area (Å²) >= 11 is 0. The van der Waals surface area contributed by atoms with Crippen LogP contribution in [0, 0.1) is 0 Å². The van der Waals surface area contributed by atoms with Crippen molar-refractivity contribution in [1.29, 1.82) is 0 Å². The maximum atomic E-state index is 4.15. The zero-order chi connectivity index (χ0) is 28.8. The first-order chi connectivity index (χ1) is 19.2. The first-order valence-electron chi connectivity index (χ1n) is 15.1. The first kappa shape index (κ1) is 29.5. The van der Waals surface area contributed by atoms with Gasteiger partial charge in [-0.1, -0.05) is 152 Å². The van der Waals surface area contributed by atoms with Crippen molar-refractivity contribution < 1.29 is 0 Å². The Labute approximate surface area is 243 Å². The fraction of sp³-hybridized carbons (Fsp3) is 0.368. The van der Waals surface area contributed by atoms with Crippen molar-refractivity contribution in [1.82, 2.24) is 0 Å². The quantitative estimate of drug-likeness (QED) is 0.201. The third kappa shape index (κ3) is 6.61. The normalized spacial score (nSPS) is 13.2. The predicted octanol–water partition coefficient (Wildman–Crippen LogP) is 11.2. The van der Waals surface area contributed by atoms with Crippen LogP contribution in [0.1, 0.15) is 125 Å². The SMILES string of the molecule is CC(C)c1cccc(C(C)C)c1N[C@H](c1ccccc1)[C@@H](Nc1c(C(C)C)cccc1C(C)C)c1ccccc1. The summed E-state index contributed by atoms with van der Waals surface area (Å²) in [6, 6.07) is 35.5. The van der Waals surface area contributed by atoms with E-state index in [0.29, 0.717) is 23.7 Å². The summed E-state index contributed by atoms with van der Waals surface area (Å²) in [6.07, 6.45) is 0. The predicted molar refractivity (Wildman–Crippen MR) is 175 cm³/mol. The summed E-state index contributed by atoms with van der Waals surface area (Å²) in [7, 11) is 0. The molecule has 0 aliphatic heterocycles. The van der Waals surface area contributed by atoms with Gasteiger partial charge in [0, 0.05) is 11.4 Å². The molecule has 0 radical (unpaired) electrons. The molecule has 0 fully saturated rings. The highest BCUT2D eigenvalue weighted by molar-refractivity contribution is 5.64. The molecule has 0 unspecified atom stereocenters. The van der Waals surface area contributed by atoms with Gasteiger partial charge in [0.15, 0.2) is 0 Å². The Balaban J connectivity index is 1.95. The lowest BCUT2D eigenvalue weighted by molar-refractivity contribution is 0.641. The van der Waals surface area contributed by atoms with Crippen LogP contribution in [0.15, 0.2) is 97.1 Å². The van der Waals surface area contributed by atoms with Crippen LogP contribution in [0.5, 0.6) is 0 Å². The Morgan fingerprint density at radius 1 is 0.350 bits per heavy atom. The zero-order valence-corrected chi connectivity index (χ0v) is 25.7. The lowest BCUT2D eigenvalue weighted by atomic mass is 9.87. The van der Waals surface area contributed by atoms with Gasteiger partial charge in [-0.15, -0.1) is 0 Å². The van der Waals surface area contributed by atoms with E-state index >= 15 is 0 Å². The molecule has 0 aliphatic carbocycles. The standard InChI is InChI=1S/C38H48N2/c1-25(2)31-21-15-22-32(26(3)4)37(31)39-35(29-17-11-9-12-18-29)36(30-19-13-10-14-20-30)40-38-33(27(5)6)23-16-24-34(38)28(7)8/h9-28,35-36,39-40H,1-8H3/t35-,36+. The van der Waals surface area contributed by atoms with E-state index in [1.807, 2.05) is 0 Å². The monoisotopic (exact) mass is 532 g/mol. The molecule has 0 saturated carbocycles. The summed E-state index contributed by atoms with van der Waals surface area (Å²) in [5, 5.41) is 8.30. The second-order valence-electron chi connectivity index (χ2n) is 12.3. The minimum absolute atomic E-state index is 0.00114. The molecule has 210 valence electrons. The van der Waals surface area contributed by atoms with Crippen LogP contribution < -0.4 is 10.6 Å². The van der Waals surface area contributed by atoms with Crippen LogP contribution in [-0.4, -0.2) is 0 Å². The van der Waals surface area contributed by atoms with Crippen LogP contribution in [0.4, 0.5) is 11.4 Å². The molecule has 0 bridgehead atoms. The molecular weight excluding hydrogens is 484 g/mol. The van der Waals surface area contributed by atoms with Gasteiger partial charge in [-0.25, -0.2) is 0 Å². The number of anilines is 2. The number of rotatable bonds is 11. The number of benzene rings is 4. The first-order valence-corrected chi connectivity index (χ1v) is 15.1. The molecule has 0 aromatic heterocycles. The lowest BCUT2D eigenvalue weighted by Gasteiger charge is -2.35. The molecule has 2 atom stereocenters. The molecule has 2 nitrogen and oxygen atoms in total. The fourth-order valence-corrected chi connectivity index (χ4v) is 5.79. The Morgan fingerprint density at radius 3 is 0.875 bits per heavy atom. The van der Waals surface area contributed by atoms with Crippen molar-refractivity contribution >= 4 is 11.4 Å². The van der Waals surface area contributed by atoms with E-state index < -0.39 is 0 Å². The fourth-order valence-electron chi connectivity index (χ4n) is 5.79. The number of para-hydroxylation sites is 2. The van der Waals surface area contributed by atoms with Gasteiger partial charge in [-0.05, 0) is 57.1 Å². The molecular formula is C38H48N2. The minimum Gasteiger partial charge on any atom is -0.375 e. The van der Waals surface area contributed by atoms with E-state index in [1.54, 1.807) is 0 Å². The average molecular weight is 533 g/mol. The Morgan fingerprint density at radius 2 is 0.625 bits per heavy atom. The highest BCUT2D eigenvalue weighted by atomic mass is 15.0. The Bertz CT molecular complexity index is 1190. The summed E-state index contributed by atoms with van der Waals surface area (Å²) in [5.74, 6) is 1.65. The average Bonchev–Trinajstić information content (AvgIpc) is 2.95. The number of hydrogen-bond acceptors (Lipinski definition) is 2. The van der Waals surface area contributed by atoms with Gasteiger partial charge in [0.05, 0.1) is 12.1 Å². The van der Waals surface area contributed by atoms with E-state index in [2.05, 4.69) is 163 Å². The highest BCUT2D eigenvalue weighted by Crippen LogP contribution is 2.42. The molecule has 4 aromatic rings. The highest BCUT2D eigenvalue weighted by Gasteiger charge is 2.29. The maximum Gasteiger partial charge on any atom is 0.0757 e. The minimum atomic E-state index is 0.00114. The van der Waals surface area contributed by atoms with Crippen molar-refractivity contribution in [3.05, 3.63) is 130 Å². The molecule has 40 heavy (non-hydrogen) atoms. The van der Waals surface area contributed by atoms with Crippen molar-refractivity contribution in [2.45, 2.75) is 91.1 Å². The summed E-state index contributed by atoms with van der Waals surface area (Å²) in [5.41, 5.74) is 10.5. The van der Waals surface area contributed by atoms with E-state index in [9.17, 15) is 0 Å². The van der Waals surface area contributed by atoms with E-state index in [-0.39, 0.29) is 12.1 Å². The molecule has 0 aliphatic rings. The summed E-state index contributed by atoms with van der Waals surface area (Å²) in [4.78, 5) is 0. The van der Waals surface area contributed by atoms with Crippen molar-refractivity contribution in [2.24, 2.45) is 0 Å². The number of nitrogens with one attached hydrogen (secondary N) is 2. The molecule has 0 spiro atoms. The lowest BCUT2D eigenvalue weighted by Crippen LogP contribution is -2.28. The molecule has 0 amide bonds. The summed E-state index contributed by atoms with van der Waals surface area (Å²) < 4.78 is 0. The van der Waals surface area contributed by atoms with E-state index in [4.69, 9.17) is 0 Å². The van der Waals surface area contributed by atoms with Gasteiger partial charge in [-0.3, -0.25) is 0 Å². The van der Waals surface area contributed by atoms with Crippen LogP contribution in [-0.2, 0) is 0 Å². The molecule has 4 aromatic carbocycles. The van der Waals surface area contributed by atoms with Crippen molar-refractivity contribution in [2.75, 3.05) is 10.6 Å². The van der Waals surface area contributed by atoms with E-state index in [1.165, 1.54) is 44.8 Å².